The van der Waals surface area contributed by atoms with Gasteiger partial charge in [0.1, 0.15) is 6.04 Å². The molecule has 0 aromatic carbocycles. The number of piperazine rings is 1. The van der Waals surface area contributed by atoms with Crippen molar-refractivity contribution in [2.24, 2.45) is 0 Å². The highest BCUT2D eigenvalue weighted by Gasteiger charge is 2.34. The Kier molecular flexibility index (Phi) is 14.2. The summed E-state index contributed by atoms with van der Waals surface area (Å²) in [5, 5.41) is 2.76. The number of unbranched alkanes of at least 4 members (excludes halogenated alkanes) is 10. The lowest BCUT2D eigenvalue weighted by Gasteiger charge is -2.34. The number of ether oxygens (including phenoxy) is 1. The van der Waals surface area contributed by atoms with E-state index in [1.165, 1.54) is 38.5 Å². The molecule has 1 atom stereocenters. The van der Waals surface area contributed by atoms with Crippen molar-refractivity contribution in [1.82, 2.24) is 10.2 Å². The molecule has 0 radical (unpaired) electrons. The third-order valence-electron chi connectivity index (χ3n) is 5.52. The molecule has 1 fully saturated rings. The number of esters is 1. The standard InChI is InChI=1S/C23H42N2O4/c1-3-5-7-9-10-11-12-14-18-29-22(27)19-20-23(28)24-16-17-25(20)21(26)15-13-8-6-4-2/h20H,3-19H2,1-2H3,(H,24,28). The second kappa shape index (κ2) is 16.2. The molecule has 1 saturated heterocycles. The quantitative estimate of drug-likeness (QED) is 0.303. The van der Waals surface area contributed by atoms with E-state index in [0.29, 0.717) is 26.1 Å². The van der Waals surface area contributed by atoms with E-state index in [9.17, 15) is 14.4 Å². The molecule has 1 unspecified atom stereocenters. The number of rotatable bonds is 16. The monoisotopic (exact) mass is 410 g/mol. The zero-order chi connectivity index (χ0) is 21.3. The van der Waals surface area contributed by atoms with E-state index in [-0.39, 0.29) is 18.2 Å². The Hall–Kier alpha value is -1.59. The first-order valence-corrected chi connectivity index (χ1v) is 11.8. The van der Waals surface area contributed by atoms with Gasteiger partial charge < -0.3 is 15.0 Å². The van der Waals surface area contributed by atoms with Crippen LogP contribution in [0.1, 0.15) is 104 Å². The summed E-state index contributed by atoms with van der Waals surface area (Å²) in [5.74, 6) is -0.669. The largest absolute Gasteiger partial charge is 0.466 e. The fraction of sp³-hybridized carbons (Fsp3) is 0.870. The molecule has 1 heterocycles. The van der Waals surface area contributed by atoms with Crippen molar-refractivity contribution in [3.05, 3.63) is 0 Å². The van der Waals surface area contributed by atoms with Crippen LogP contribution in [0.25, 0.3) is 0 Å². The molecule has 0 aliphatic carbocycles. The van der Waals surface area contributed by atoms with Gasteiger partial charge in [0.05, 0.1) is 13.0 Å². The third-order valence-corrected chi connectivity index (χ3v) is 5.52. The van der Waals surface area contributed by atoms with Crippen LogP contribution in [0.5, 0.6) is 0 Å². The first-order valence-electron chi connectivity index (χ1n) is 11.8. The SMILES string of the molecule is CCCCCCCCCCOC(=O)CC1C(=O)NCCN1C(=O)CCCCCC. The number of amides is 2. The Morgan fingerprint density at radius 2 is 1.52 bits per heavy atom. The Morgan fingerprint density at radius 1 is 0.931 bits per heavy atom. The highest BCUT2D eigenvalue weighted by atomic mass is 16.5. The van der Waals surface area contributed by atoms with Crippen molar-refractivity contribution in [3.8, 4) is 0 Å². The molecule has 6 nitrogen and oxygen atoms in total. The number of carbonyl (C=O) groups excluding carboxylic acids is 3. The number of hydrogen-bond donors (Lipinski definition) is 1. The molecule has 1 N–H and O–H groups in total. The maximum atomic E-state index is 12.5. The summed E-state index contributed by atoms with van der Waals surface area (Å²) in [5.41, 5.74) is 0. The van der Waals surface area contributed by atoms with Crippen LogP contribution in [0.15, 0.2) is 0 Å². The molecular formula is C23H42N2O4. The van der Waals surface area contributed by atoms with Crippen molar-refractivity contribution in [2.45, 2.75) is 110 Å². The number of nitrogens with zero attached hydrogens (tertiary/aromatic N) is 1. The molecule has 6 heteroatoms. The number of nitrogens with one attached hydrogen (secondary N) is 1. The van der Waals surface area contributed by atoms with E-state index in [0.717, 1.165) is 38.5 Å². The predicted octanol–water partition coefficient (Wildman–Crippen LogP) is 4.36. The minimum Gasteiger partial charge on any atom is -0.466 e. The van der Waals surface area contributed by atoms with Crippen molar-refractivity contribution >= 4 is 17.8 Å². The Morgan fingerprint density at radius 3 is 2.17 bits per heavy atom. The molecule has 1 aliphatic heterocycles. The Labute approximate surface area is 177 Å². The molecule has 168 valence electrons. The van der Waals surface area contributed by atoms with Gasteiger partial charge in [0, 0.05) is 19.5 Å². The van der Waals surface area contributed by atoms with Gasteiger partial charge in [0.15, 0.2) is 0 Å². The maximum absolute atomic E-state index is 12.5. The van der Waals surface area contributed by atoms with E-state index >= 15 is 0 Å². The van der Waals surface area contributed by atoms with Crippen molar-refractivity contribution in [2.75, 3.05) is 19.7 Å². The summed E-state index contributed by atoms with van der Waals surface area (Å²) in [6.45, 7) is 5.66. The van der Waals surface area contributed by atoms with Crippen molar-refractivity contribution in [1.29, 1.82) is 0 Å². The third kappa shape index (κ3) is 11.2. The van der Waals surface area contributed by atoms with Gasteiger partial charge >= 0.3 is 5.97 Å². The Bertz CT molecular complexity index is 481. The average molecular weight is 411 g/mol. The minimum atomic E-state index is -0.728. The zero-order valence-corrected chi connectivity index (χ0v) is 18.7. The molecular weight excluding hydrogens is 368 g/mol. The summed E-state index contributed by atoms with van der Waals surface area (Å²) in [4.78, 5) is 38.5. The normalized spacial score (nSPS) is 16.6. The van der Waals surface area contributed by atoms with Gasteiger partial charge in [0.25, 0.3) is 0 Å². The average Bonchev–Trinajstić information content (AvgIpc) is 2.71. The minimum absolute atomic E-state index is 0.0307. The second-order valence-corrected chi connectivity index (χ2v) is 8.10. The lowest BCUT2D eigenvalue weighted by atomic mass is 10.1. The van der Waals surface area contributed by atoms with Crippen LogP contribution in [0.3, 0.4) is 0 Å². The van der Waals surface area contributed by atoms with Gasteiger partial charge in [-0.25, -0.2) is 0 Å². The van der Waals surface area contributed by atoms with E-state index < -0.39 is 12.0 Å². The number of hydrogen-bond acceptors (Lipinski definition) is 4. The zero-order valence-electron chi connectivity index (χ0n) is 18.7. The molecule has 0 spiro atoms. The van der Waals surface area contributed by atoms with Crippen molar-refractivity contribution in [3.63, 3.8) is 0 Å². The van der Waals surface area contributed by atoms with E-state index in [2.05, 4.69) is 19.2 Å². The first-order chi connectivity index (χ1) is 14.1. The van der Waals surface area contributed by atoms with Crippen LogP contribution in [0.4, 0.5) is 0 Å². The first kappa shape index (κ1) is 25.4. The van der Waals surface area contributed by atoms with Crippen LogP contribution in [-0.2, 0) is 19.1 Å². The Balaban J connectivity index is 2.27. The molecule has 0 saturated carbocycles. The van der Waals surface area contributed by atoms with Crippen molar-refractivity contribution < 1.29 is 19.1 Å². The maximum Gasteiger partial charge on any atom is 0.308 e. The van der Waals surface area contributed by atoms with Gasteiger partial charge in [-0.1, -0.05) is 78.1 Å². The molecule has 0 aromatic rings. The van der Waals surface area contributed by atoms with Crippen LogP contribution in [0, 0.1) is 0 Å². The van der Waals surface area contributed by atoms with E-state index in [1.54, 1.807) is 4.90 Å². The summed E-state index contributed by atoms with van der Waals surface area (Å²) in [7, 11) is 0. The predicted molar refractivity (Wildman–Crippen MR) is 115 cm³/mol. The molecule has 2 amide bonds. The van der Waals surface area contributed by atoms with Gasteiger partial charge in [-0.15, -0.1) is 0 Å². The van der Waals surface area contributed by atoms with Crippen LogP contribution >= 0.6 is 0 Å². The van der Waals surface area contributed by atoms with Gasteiger partial charge in [0.2, 0.25) is 11.8 Å². The van der Waals surface area contributed by atoms with E-state index in [4.69, 9.17) is 4.74 Å². The molecule has 1 aliphatic rings. The topological polar surface area (TPSA) is 75.7 Å². The number of carbonyl (C=O) groups is 3. The highest BCUT2D eigenvalue weighted by molar-refractivity contribution is 5.91. The summed E-state index contributed by atoms with van der Waals surface area (Å²) in [6, 6.07) is -0.728. The van der Waals surface area contributed by atoms with Gasteiger partial charge in [-0.05, 0) is 12.8 Å². The molecule has 0 aromatic heterocycles. The molecule has 29 heavy (non-hydrogen) atoms. The molecule has 0 bridgehead atoms. The van der Waals surface area contributed by atoms with Crippen LogP contribution in [0.2, 0.25) is 0 Å². The second-order valence-electron chi connectivity index (χ2n) is 8.10. The van der Waals surface area contributed by atoms with E-state index in [1.807, 2.05) is 0 Å². The van der Waals surface area contributed by atoms with Crippen LogP contribution < -0.4 is 5.32 Å². The lowest BCUT2D eigenvalue weighted by molar-refractivity contribution is -0.152. The summed E-state index contributed by atoms with van der Waals surface area (Å²) in [6.07, 6.45) is 14.0. The van der Waals surface area contributed by atoms with Gasteiger partial charge in [-0.3, -0.25) is 14.4 Å². The smallest absolute Gasteiger partial charge is 0.308 e. The van der Waals surface area contributed by atoms with Crippen LogP contribution in [-0.4, -0.2) is 48.4 Å². The lowest BCUT2D eigenvalue weighted by Crippen LogP contribution is -2.57. The summed E-state index contributed by atoms with van der Waals surface area (Å²) < 4.78 is 5.32. The molecule has 1 rings (SSSR count). The fourth-order valence-corrected chi connectivity index (χ4v) is 3.70. The fourth-order valence-electron chi connectivity index (χ4n) is 3.70. The van der Waals surface area contributed by atoms with Gasteiger partial charge in [-0.2, -0.15) is 0 Å². The highest BCUT2D eigenvalue weighted by Crippen LogP contribution is 2.14. The summed E-state index contributed by atoms with van der Waals surface area (Å²) >= 11 is 0.